The standard InChI is InChI=1S/C59H101NO8/c1-3-5-7-9-11-13-15-17-19-20-21-22-23-24-25-26-27-28-29-30-31-32-33-35-36-38-40-42-44-46-48-53(62)52(51-67-59-58(66)57(65)56(64)54(50-61)68-59)60-55(63)49-47-45-43-41-39-37-34-18-16-14-12-10-8-6-4-2/h6,8,12,14,18,32-34,38-41,45-48,52-54,56-59,61-62,64-66H,3-5,7,9-11,13,15-17,19-31,35-37,42-44,49-51H2,1-2H3,(H,60,63)/b8-6-,14-12-,33-32+,34-18-,40-38+,41-39-,47-45-,48-46+. The van der Waals surface area contributed by atoms with Crippen LogP contribution in [-0.2, 0) is 14.3 Å². The van der Waals surface area contributed by atoms with Crippen molar-refractivity contribution in [3.05, 3.63) is 97.2 Å². The molecule has 1 amide bonds. The van der Waals surface area contributed by atoms with Gasteiger partial charge in [0.2, 0.25) is 5.91 Å². The normalized spacial score (nSPS) is 20.4. The number of aliphatic hydroxyl groups excluding tert-OH is 5. The Bertz CT molecular complexity index is 1380. The molecule has 1 aliphatic heterocycles. The number of rotatable bonds is 45. The summed E-state index contributed by atoms with van der Waals surface area (Å²) in [6.07, 6.45) is 62.3. The van der Waals surface area contributed by atoms with Gasteiger partial charge in [-0.3, -0.25) is 4.79 Å². The second-order valence-corrected chi connectivity index (χ2v) is 18.6. The Morgan fingerprint density at radius 2 is 0.926 bits per heavy atom. The molecule has 7 unspecified atom stereocenters. The van der Waals surface area contributed by atoms with Crippen LogP contribution in [0.3, 0.4) is 0 Å². The lowest BCUT2D eigenvalue weighted by atomic mass is 9.99. The number of nitrogens with one attached hydrogen (secondary N) is 1. The van der Waals surface area contributed by atoms with Gasteiger partial charge in [0.1, 0.15) is 24.4 Å². The molecule has 1 heterocycles. The summed E-state index contributed by atoms with van der Waals surface area (Å²) in [6, 6.07) is -0.889. The van der Waals surface area contributed by atoms with Crippen molar-refractivity contribution in [1.82, 2.24) is 5.32 Å². The molecular formula is C59H101NO8. The smallest absolute Gasteiger partial charge is 0.224 e. The summed E-state index contributed by atoms with van der Waals surface area (Å²) in [7, 11) is 0. The van der Waals surface area contributed by atoms with E-state index in [1.165, 1.54) is 128 Å². The molecule has 1 rings (SSSR count). The average Bonchev–Trinajstić information content (AvgIpc) is 3.34. The van der Waals surface area contributed by atoms with Gasteiger partial charge in [0, 0.05) is 6.42 Å². The zero-order valence-corrected chi connectivity index (χ0v) is 43.1. The zero-order chi connectivity index (χ0) is 49.4. The molecule has 390 valence electrons. The van der Waals surface area contributed by atoms with Gasteiger partial charge in [-0.15, -0.1) is 0 Å². The van der Waals surface area contributed by atoms with Gasteiger partial charge in [0.25, 0.3) is 0 Å². The molecule has 0 aromatic rings. The highest BCUT2D eigenvalue weighted by atomic mass is 16.7. The Morgan fingerprint density at radius 1 is 0.515 bits per heavy atom. The molecule has 7 atom stereocenters. The zero-order valence-electron chi connectivity index (χ0n) is 43.1. The van der Waals surface area contributed by atoms with E-state index in [2.05, 4.69) is 86.0 Å². The van der Waals surface area contributed by atoms with Crippen molar-refractivity contribution < 1.29 is 39.8 Å². The number of unbranched alkanes of at least 4 members (excludes halogenated alkanes) is 22. The molecule has 6 N–H and O–H groups in total. The molecular weight excluding hydrogens is 851 g/mol. The van der Waals surface area contributed by atoms with E-state index in [-0.39, 0.29) is 18.9 Å². The van der Waals surface area contributed by atoms with Crippen molar-refractivity contribution in [3.63, 3.8) is 0 Å². The van der Waals surface area contributed by atoms with E-state index >= 15 is 0 Å². The Hall–Kier alpha value is -2.89. The number of hydrogen-bond acceptors (Lipinski definition) is 8. The summed E-state index contributed by atoms with van der Waals surface area (Å²) in [5.74, 6) is -0.320. The maximum atomic E-state index is 12.9. The molecule has 0 aromatic carbocycles. The highest BCUT2D eigenvalue weighted by Crippen LogP contribution is 2.23. The van der Waals surface area contributed by atoms with Gasteiger partial charge in [-0.25, -0.2) is 0 Å². The van der Waals surface area contributed by atoms with E-state index < -0.39 is 49.5 Å². The van der Waals surface area contributed by atoms with Crippen molar-refractivity contribution in [1.29, 1.82) is 0 Å². The van der Waals surface area contributed by atoms with Gasteiger partial charge in [0.05, 0.1) is 25.4 Å². The first kappa shape index (κ1) is 63.1. The number of carbonyl (C=O) groups excluding carboxylic acids is 1. The summed E-state index contributed by atoms with van der Waals surface area (Å²) in [5, 5.41) is 54.2. The Balaban J connectivity index is 2.29. The SMILES string of the molecule is CC/C=C\C/C=C\C/C=C\C/C=C\C/C=C\CC(=O)NC(COC1OC(CO)C(O)C(O)C1O)C(O)/C=C/CC/C=C/CC/C=C/CCCCCCCCCCCCCCCCCCCCCC. The largest absolute Gasteiger partial charge is 0.394 e. The second-order valence-electron chi connectivity index (χ2n) is 18.6. The van der Waals surface area contributed by atoms with E-state index in [1.807, 2.05) is 18.2 Å². The number of aliphatic hydroxyl groups is 5. The fraction of sp³-hybridized carbons (Fsp3) is 0.712. The third-order valence-corrected chi connectivity index (χ3v) is 12.4. The van der Waals surface area contributed by atoms with Crippen LogP contribution < -0.4 is 5.32 Å². The van der Waals surface area contributed by atoms with Crippen molar-refractivity contribution in [3.8, 4) is 0 Å². The first-order valence-corrected chi connectivity index (χ1v) is 27.5. The van der Waals surface area contributed by atoms with Gasteiger partial charge in [0.15, 0.2) is 6.29 Å². The highest BCUT2D eigenvalue weighted by Gasteiger charge is 2.44. The molecule has 0 bridgehead atoms. The van der Waals surface area contributed by atoms with Crippen molar-refractivity contribution in [2.75, 3.05) is 13.2 Å². The Kier molecular flexibility index (Phi) is 44.3. The van der Waals surface area contributed by atoms with Crippen LogP contribution in [0, 0.1) is 0 Å². The van der Waals surface area contributed by atoms with Gasteiger partial charge >= 0.3 is 0 Å². The molecule has 0 spiro atoms. The molecule has 0 saturated carbocycles. The van der Waals surface area contributed by atoms with E-state index in [4.69, 9.17) is 9.47 Å². The van der Waals surface area contributed by atoms with Crippen LogP contribution in [0.5, 0.6) is 0 Å². The molecule has 68 heavy (non-hydrogen) atoms. The summed E-state index contributed by atoms with van der Waals surface area (Å²) >= 11 is 0. The highest BCUT2D eigenvalue weighted by molar-refractivity contribution is 5.77. The van der Waals surface area contributed by atoms with E-state index in [1.54, 1.807) is 12.2 Å². The van der Waals surface area contributed by atoms with Crippen LogP contribution >= 0.6 is 0 Å². The monoisotopic (exact) mass is 952 g/mol. The minimum atomic E-state index is -1.60. The van der Waals surface area contributed by atoms with Crippen LogP contribution in [-0.4, -0.2) is 87.5 Å². The number of amides is 1. The number of allylic oxidation sites excluding steroid dienone is 14. The lowest BCUT2D eigenvalue weighted by molar-refractivity contribution is -0.302. The topological polar surface area (TPSA) is 149 Å². The predicted octanol–water partition coefficient (Wildman–Crippen LogP) is 13.2. The minimum absolute atomic E-state index is 0.0973. The fourth-order valence-electron chi connectivity index (χ4n) is 8.08. The molecule has 0 radical (unpaired) electrons. The van der Waals surface area contributed by atoms with Crippen LogP contribution in [0.1, 0.15) is 213 Å². The third kappa shape index (κ3) is 37.0. The minimum Gasteiger partial charge on any atom is -0.394 e. The van der Waals surface area contributed by atoms with E-state index in [0.29, 0.717) is 12.8 Å². The maximum Gasteiger partial charge on any atom is 0.224 e. The van der Waals surface area contributed by atoms with Crippen molar-refractivity contribution >= 4 is 5.91 Å². The molecule has 0 aliphatic carbocycles. The number of hydrogen-bond donors (Lipinski definition) is 6. The molecule has 9 heteroatoms. The second kappa shape index (κ2) is 47.8. The van der Waals surface area contributed by atoms with Crippen LogP contribution in [0.15, 0.2) is 97.2 Å². The van der Waals surface area contributed by atoms with Gasteiger partial charge in [-0.2, -0.15) is 0 Å². The average molecular weight is 952 g/mol. The third-order valence-electron chi connectivity index (χ3n) is 12.4. The molecule has 1 aliphatic rings. The Morgan fingerprint density at radius 3 is 1.38 bits per heavy atom. The molecule has 9 nitrogen and oxygen atoms in total. The fourth-order valence-corrected chi connectivity index (χ4v) is 8.08. The van der Waals surface area contributed by atoms with Crippen molar-refractivity contribution in [2.24, 2.45) is 0 Å². The number of carbonyl (C=O) groups is 1. The summed E-state index contributed by atoms with van der Waals surface area (Å²) in [5.41, 5.74) is 0. The van der Waals surface area contributed by atoms with Gasteiger partial charge in [-0.1, -0.05) is 233 Å². The summed E-state index contributed by atoms with van der Waals surface area (Å²) in [6.45, 7) is 3.58. The lowest BCUT2D eigenvalue weighted by Gasteiger charge is -2.40. The summed E-state index contributed by atoms with van der Waals surface area (Å²) < 4.78 is 11.2. The predicted molar refractivity (Wildman–Crippen MR) is 285 cm³/mol. The Labute approximate surface area is 415 Å². The quantitative estimate of drug-likeness (QED) is 0.0261. The molecule has 0 aromatic heterocycles. The van der Waals surface area contributed by atoms with Gasteiger partial charge in [-0.05, 0) is 70.6 Å². The number of ether oxygens (including phenoxy) is 2. The van der Waals surface area contributed by atoms with Crippen molar-refractivity contribution in [2.45, 2.75) is 256 Å². The van der Waals surface area contributed by atoms with Crippen LogP contribution in [0.2, 0.25) is 0 Å². The van der Waals surface area contributed by atoms with Crippen LogP contribution in [0.4, 0.5) is 0 Å². The lowest BCUT2D eigenvalue weighted by Crippen LogP contribution is -2.60. The first-order valence-electron chi connectivity index (χ1n) is 27.5. The van der Waals surface area contributed by atoms with E-state index in [0.717, 1.165) is 51.4 Å². The van der Waals surface area contributed by atoms with Gasteiger partial charge < -0.3 is 40.3 Å². The summed E-state index contributed by atoms with van der Waals surface area (Å²) in [4.78, 5) is 12.9. The molecule has 1 saturated heterocycles. The molecule has 1 fully saturated rings. The maximum absolute atomic E-state index is 12.9. The first-order chi connectivity index (χ1) is 33.3. The van der Waals surface area contributed by atoms with Crippen LogP contribution in [0.25, 0.3) is 0 Å². The van der Waals surface area contributed by atoms with E-state index in [9.17, 15) is 30.3 Å².